The molecule has 0 radical (unpaired) electrons. The van der Waals surface area contributed by atoms with Crippen LogP contribution in [0.3, 0.4) is 0 Å². The molecule has 0 saturated carbocycles. The molecule has 1 N–H and O–H groups in total. The van der Waals surface area contributed by atoms with Gasteiger partial charge in [0.1, 0.15) is 5.41 Å². The van der Waals surface area contributed by atoms with Crippen molar-refractivity contribution in [2.75, 3.05) is 11.7 Å². The first kappa shape index (κ1) is 21.6. The van der Waals surface area contributed by atoms with Gasteiger partial charge in [0.05, 0.1) is 5.69 Å². The van der Waals surface area contributed by atoms with Crippen molar-refractivity contribution in [2.24, 2.45) is 5.41 Å². The largest absolute Gasteiger partial charge is 0.454 e. The molecule has 2 aliphatic rings. The summed E-state index contributed by atoms with van der Waals surface area (Å²) in [5, 5.41) is 2.44. The molecule has 34 heavy (non-hydrogen) atoms. The summed E-state index contributed by atoms with van der Waals surface area (Å²) in [6.07, 6.45) is 4.13. The number of rotatable bonds is 6. The lowest BCUT2D eigenvalue weighted by atomic mass is 9.73. The molecule has 4 amide bonds. The van der Waals surface area contributed by atoms with E-state index in [1.165, 1.54) is 0 Å². The number of urea groups is 1. The van der Waals surface area contributed by atoms with E-state index in [0.29, 0.717) is 23.6 Å². The number of carbonyl (C=O) groups is 3. The number of carbonyl (C=O) groups excluding carboxylic acids is 3. The lowest BCUT2D eigenvalue weighted by molar-refractivity contribution is -0.143. The Labute approximate surface area is 196 Å². The van der Waals surface area contributed by atoms with Gasteiger partial charge in [0.25, 0.3) is 5.91 Å². The third-order valence-corrected chi connectivity index (χ3v) is 6.36. The summed E-state index contributed by atoms with van der Waals surface area (Å²) < 4.78 is 10.9. The van der Waals surface area contributed by atoms with Crippen LogP contribution in [-0.4, -0.2) is 29.6 Å². The van der Waals surface area contributed by atoms with Crippen LogP contribution in [0.1, 0.15) is 23.1 Å². The Morgan fingerprint density at radius 1 is 0.971 bits per heavy atom. The monoisotopic (exact) mass is 457 g/mol. The molecule has 0 unspecified atom stereocenters. The Kier molecular flexibility index (Phi) is 5.49. The number of hydrogen-bond acceptors (Lipinski definition) is 6. The summed E-state index contributed by atoms with van der Waals surface area (Å²) >= 11 is 0. The fourth-order valence-electron chi connectivity index (χ4n) is 4.48. The molecule has 8 heteroatoms. The molecule has 8 nitrogen and oxygen atoms in total. The van der Waals surface area contributed by atoms with Crippen LogP contribution in [0.15, 0.2) is 67.0 Å². The van der Waals surface area contributed by atoms with E-state index < -0.39 is 23.3 Å². The Morgan fingerprint density at radius 2 is 1.74 bits per heavy atom. The normalized spacial score (nSPS) is 19.3. The molecule has 1 fully saturated rings. The van der Waals surface area contributed by atoms with Crippen molar-refractivity contribution in [2.45, 2.75) is 26.2 Å². The Hall–Kier alpha value is -4.20. The first-order valence-electron chi connectivity index (χ1n) is 11.0. The topological polar surface area (TPSA) is 97.8 Å². The Balaban J connectivity index is 1.56. The number of aryl methyl sites for hydroxylation is 2. The van der Waals surface area contributed by atoms with Crippen LogP contribution >= 0.6 is 0 Å². The highest BCUT2D eigenvalue weighted by molar-refractivity contribution is 6.30. The number of para-hydroxylation sites is 1. The second kappa shape index (κ2) is 8.62. The predicted octanol–water partition coefficient (Wildman–Crippen LogP) is 3.56. The molecule has 3 aromatic rings. The smallest absolute Gasteiger partial charge is 0.335 e. The molecular formula is C26H23N3O5. The van der Waals surface area contributed by atoms with Crippen LogP contribution in [0.5, 0.6) is 11.5 Å². The molecule has 2 aliphatic heterocycles. The lowest BCUT2D eigenvalue weighted by Crippen LogP contribution is -2.65. The lowest BCUT2D eigenvalue weighted by Gasteiger charge is -2.40. The van der Waals surface area contributed by atoms with Gasteiger partial charge in [-0.3, -0.25) is 19.9 Å². The molecule has 0 bridgehead atoms. The van der Waals surface area contributed by atoms with Crippen LogP contribution in [-0.2, 0) is 22.4 Å². The number of nitrogens with zero attached hydrogens (tertiary/aromatic N) is 2. The van der Waals surface area contributed by atoms with Gasteiger partial charge in [-0.25, -0.2) is 9.69 Å². The van der Waals surface area contributed by atoms with E-state index in [0.717, 1.165) is 21.6 Å². The quantitative estimate of drug-likeness (QED) is 0.569. The van der Waals surface area contributed by atoms with Gasteiger partial charge in [-0.15, -0.1) is 0 Å². The molecule has 1 atom stereocenters. The van der Waals surface area contributed by atoms with E-state index in [1.807, 2.05) is 37.3 Å². The van der Waals surface area contributed by atoms with Crippen molar-refractivity contribution < 1.29 is 23.9 Å². The zero-order valence-corrected chi connectivity index (χ0v) is 18.6. The van der Waals surface area contributed by atoms with Crippen molar-refractivity contribution in [1.82, 2.24) is 10.3 Å². The standard InChI is InChI=1S/C26H23N3O5/c1-17-4-2-3-5-20(17)29-24(31)26(23(30)28-25(29)32,11-8-18-9-12-27-13-10-18)15-19-6-7-21-22(14-19)34-16-33-21/h2-7,9-10,12-14H,8,11,15-16H2,1H3,(H,28,30,32)/t26-/m0/s1. The van der Waals surface area contributed by atoms with Crippen molar-refractivity contribution in [3.05, 3.63) is 83.7 Å². The van der Waals surface area contributed by atoms with Crippen LogP contribution in [0.25, 0.3) is 0 Å². The highest BCUT2D eigenvalue weighted by atomic mass is 16.7. The minimum atomic E-state index is -1.49. The number of nitrogens with one attached hydrogen (secondary N) is 1. The molecule has 5 rings (SSSR count). The van der Waals surface area contributed by atoms with Gasteiger partial charge in [-0.05, 0) is 73.2 Å². The van der Waals surface area contributed by atoms with Crippen LogP contribution in [0.4, 0.5) is 10.5 Å². The molecule has 172 valence electrons. The first-order valence-corrected chi connectivity index (χ1v) is 11.0. The van der Waals surface area contributed by atoms with E-state index in [9.17, 15) is 14.4 Å². The molecule has 0 aliphatic carbocycles. The van der Waals surface area contributed by atoms with E-state index in [1.54, 1.807) is 36.7 Å². The number of imide groups is 2. The Morgan fingerprint density at radius 3 is 2.53 bits per heavy atom. The third kappa shape index (κ3) is 3.77. The number of anilines is 1. The number of fused-ring (bicyclic) bond motifs is 1. The van der Waals surface area contributed by atoms with Gasteiger partial charge in [-0.2, -0.15) is 0 Å². The molecule has 1 aromatic heterocycles. The summed E-state index contributed by atoms with van der Waals surface area (Å²) in [6, 6.07) is 15.4. The van der Waals surface area contributed by atoms with Crippen LogP contribution in [0.2, 0.25) is 0 Å². The van der Waals surface area contributed by atoms with Crippen LogP contribution in [0, 0.1) is 12.3 Å². The fourth-order valence-corrected chi connectivity index (χ4v) is 4.48. The highest BCUT2D eigenvalue weighted by Crippen LogP contribution is 2.40. The summed E-state index contributed by atoms with van der Waals surface area (Å²) in [7, 11) is 0. The minimum Gasteiger partial charge on any atom is -0.454 e. The number of benzene rings is 2. The first-order chi connectivity index (χ1) is 16.5. The Bertz CT molecular complexity index is 1280. The van der Waals surface area contributed by atoms with Crippen molar-refractivity contribution >= 4 is 23.5 Å². The maximum Gasteiger partial charge on any atom is 0.335 e. The second-order valence-corrected chi connectivity index (χ2v) is 8.49. The number of pyridine rings is 1. The SMILES string of the molecule is Cc1ccccc1N1C(=O)NC(=O)[C@](CCc2ccncc2)(Cc2ccc3c(c2)OCO3)C1=O. The van der Waals surface area contributed by atoms with Gasteiger partial charge >= 0.3 is 6.03 Å². The summed E-state index contributed by atoms with van der Waals surface area (Å²) in [5.41, 5.74) is 1.40. The van der Waals surface area contributed by atoms with E-state index in [2.05, 4.69) is 10.3 Å². The molecule has 0 spiro atoms. The maximum atomic E-state index is 14.1. The van der Waals surface area contributed by atoms with Crippen molar-refractivity contribution in [3.8, 4) is 11.5 Å². The van der Waals surface area contributed by atoms with Gasteiger partial charge in [0.2, 0.25) is 12.7 Å². The number of barbiturate groups is 1. The second-order valence-electron chi connectivity index (χ2n) is 8.49. The maximum absolute atomic E-state index is 14.1. The minimum absolute atomic E-state index is 0.106. The molecule has 3 heterocycles. The van der Waals surface area contributed by atoms with Gasteiger partial charge in [-0.1, -0.05) is 24.3 Å². The zero-order chi connectivity index (χ0) is 23.7. The highest BCUT2D eigenvalue weighted by Gasteiger charge is 2.54. The number of ether oxygens (including phenoxy) is 2. The van der Waals surface area contributed by atoms with Gasteiger partial charge < -0.3 is 9.47 Å². The van der Waals surface area contributed by atoms with Crippen molar-refractivity contribution in [3.63, 3.8) is 0 Å². The average Bonchev–Trinajstić information content (AvgIpc) is 3.31. The summed E-state index contributed by atoms with van der Waals surface area (Å²) in [5.74, 6) is 0.0457. The fraction of sp³-hybridized carbons (Fsp3) is 0.231. The van der Waals surface area contributed by atoms with Gasteiger partial charge in [0.15, 0.2) is 11.5 Å². The third-order valence-electron chi connectivity index (χ3n) is 6.36. The molecule has 2 aromatic carbocycles. The van der Waals surface area contributed by atoms with E-state index in [4.69, 9.17) is 9.47 Å². The van der Waals surface area contributed by atoms with E-state index in [-0.39, 0.29) is 19.6 Å². The zero-order valence-electron chi connectivity index (χ0n) is 18.6. The van der Waals surface area contributed by atoms with Crippen molar-refractivity contribution in [1.29, 1.82) is 0 Å². The number of amides is 4. The molecule has 1 saturated heterocycles. The average molecular weight is 457 g/mol. The number of aromatic nitrogens is 1. The molecular weight excluding hydrogens is 434 g/mol. The van der Waals surface area contributed by atoms with Gasteiger partial charge in [0, 0.05) is 12.4 Å². The van der Waals surface area contributed by atoms with Crippen LogP contribution < -0.4 is 19.7 Å². The summed E-state index contributed by atoms with van der Waals surface area (Å²) in [6.45, 7) is 1.95. The predicted molar refractivity (Wildman–Crippen MR) is 123 cm³/mol. The van der Waals surface area contributed by atoms with E-state index >= 15 is 0 Å². The summed E-state index contributed by atoms with van der Waals surface area (Å²) in [4.78, 5) is 45.5. The number of hydrogen-bond donors (Lipinski definition) is 1.